The summed E-state index contributed by atoms with van der Waals surface area (Å²) in [6.45, 7) is 4.60. The number of hydrogen-bond acceptors (Lipinski definition) is 8. The molecule has 224 valence electrons. The molecule has 42 heavy (non-hydrogen) atoms. The van der Waals surface area contributed by atoms with Gasteiger partial charge in [0.15, 0.2) is 17.3 Å². The first kappa shape index (κ1) is 31.3. The van der Waals surface area contributed by atoms with E-state index in [9.17, 15) is 19.2 Å². The Morgan fingerprint density at radius 2 is 1.50 bits per heavy atom. The minimum absolute atomic E-state index is 0.0384. The van der Waals surface area contributed by atoms with Crippen LogP contribution in [0, 0.1) is 11.8 Å². The molecule has 10 nitrogen and oxygen atoms in total. The van der Waals surface area contributed by atoms with Gasteiger partial charge in [0.25, 0.3) is 0 Å². The number of aliphatic carboxylic acids is 2. The van der Waals surface area contributed by atoms with Crippen molar-refractivity contribution in [1.29, 1.82) is 0 Å². The topological polar surface area (TPSA) is 140 Å². The van der Waals surface area contributed by atoms with Crippen molar-refractivity contribution in [2.45, 2.75) is 46.2 Å². The van der Waals surface area contributed by atoms with Crippen LogP contribution in [0.15, 0.2) is 34.8 Å². The molecule has 0 bridgehead atoms. The number of carbonyl (C=O) groups excluding carboxylic acids is 2. The summed E-state index contributed by atoms with van der Waals surface area (Å²) in [6, 6.07) is 9.19. The average Bonchev–Trinajstić information content (AvgIpc) is 3.55. The van der Waals surface area contributed by atoms with E-state index in [4.69, 9.17) is 24.4 Å². The molecule has 1 aromatic heterocycles. The normalized spacial score (nSPS) is 13.9. The van der Waals surface area contributed by atoms with Gasteiger partial charge in [-0.25, -0.2) is 0 Å². The third kappa shape index (κ3) is 7.40. The van der Waals surface area contributed by atoms with E-state index in [0.29, 0.717) is 54.8 Å². The number of amides is 1. The van der Waals surface area contributed by atoms with Crippen molar-refractivity contribution in [2.75, 3.05) is 20.3 Å². The van der Waals surface area contributed by atoms with Crippen LogP contribution in [0.4, 0.5) is 0 Å². The fourth-order valence-electron chi connectivity index (χ4n) is 4.51. The summed E-state index contributed by atoms with van der Waals surface area (Å²) in [5.41, 5.74) is 1.95. The number of fused-ring (bicyclic) bond motifs is 2. The number of benzene rings is 2. The Labute approximate surface area is 255 Å². The Bertz CT molecular complexity index is 1520. The zero-order valence-corrected chi connectivity index (χ0v) is 25.9. The van der Waals surface area contributed by atoms with Gasteiger partial charge in [0, 0.05) is 43.1 Å². The maximum absolute atomic E-state index is 12.6. The first-order valence-electron chi connectivity index (χ1n) is 13.4. The fourth-order valence-corrected chi connectivity index (χ4v) is 6.04. The van der Waals surface area contributed by atoms with Gasteiger partial charge in [-0.3, -0.25) is 19.2 Å². The molecule has 2 aromatic carbocycles. The molecule has 0 saturated carbocycles. The van der Waals surface area contributed by atoms with Gasteiger partial charge in [-0.05, 0) is 56.7 Å². The van der Waals surface area contributed by atoms with Crippen LogP contribution in [0.3, 0.4) is 0 Å². The van der Waals surface area contributed by atoms with Crippen LogP contribution in [0.2, 0.25) is 0 Å². The average molecular weight is 663 g/mol. The Kier molecular flexibility index (Phi) is 10.1. The number of nitrogens with zero attached hydrogens (tertiary/aromatic N) is 1. The number of halogens is 1. The van der Waals surface area contributed by atoms with Gasteiger partial charge in [-0.2, -0.15) is 0 Å². The van der Waals surface area contributed by atoms with Crippen LogP contribution in [0.5, 0.6) is 17.2 Å². The Balaban J connectivity index is 1.31. The predicted molar refractivity (Wildman–Crippen MR) is 160 cm³/mol. The minimum atomic E-state index is -1.00. The SMILES string of the molecule is COc1cc2sc(C(=O)C[C@H](C)C(=O)O)cc2cc1OCCCOc1cc2c(cc1Br)CN(C(=O)C[C@H](C)C(=O)O)C2. The smallest absolute Gasteiger partial charge is 0.306 e. The summed E-state index contributed by atoms with van der Waals surface area (Å²) in [4.78, 5) is 49.5. The molecule has 0 unspecified atom stereocenters. The molecule has 1 aliphatic rings. The van der Waals surface area contributed by atoms with Gasteiger partial charge in [-0.15, -0.1) is 11.3 Å². The van der Waals surface area contributed by atoms with E-state index in [2.05, 4.69) is 15.9 Å². The van der Waals surface area contributed by atoms with Crippen LogP contribution in [-0.4, -0.2) is 59.1 Å². The van der Waals surface area contributed by atoms with E-state index in [-0.39, 0.29) is 24.5 Å². The van der Waals surface area contributed by atoms with Crippen molar-refractivity contribution in [3.63, 3.8) is 0 Å². The highest BCUT2D eigenvalue weighted by molar-refractivity contribution is 9.10. The summed E-state index contributed by atoms with van der Waals surface area (Å²) >= 11 is 4.83. The zero-order chi connectivity index (χ0) is 30.6. The van der Waals surface area contributed by atoms with E-state index in [1.54, 1.807) is 17.0 Å². The number of Topliss-reactive ketones (excluding diaryl/α,β-unsaturated/α-hetero) is 1. The Morgan fingerprint density at radius 1 is 0.881 bits per heavy atom. The first-order chi connectivity index (χ1) is 20.0. The number of ether oxygens (including phenoxy) is 3. The maximum atomic E-state index is 12.6. The lowest BCUT2D eigenvalue weighted by Crippen LogP contribution is -2.28. The van der Waals surface area contributed by atoms with Gasteiger partial charge in [0.1, 0.15) is 5.75 Å². The Hall–Kier alpha value is -3.64. The third-order valence-corrected chi connectivity index (χ3v) is 8.78. The minimum Gasteiger partial charge on any atom is -0.493 e. The van der Waals surface area contributed by atoms with E-state index in [1.807, 2.05) is 18.2 Å². The summed E-state index contributed by atoms with van der Waals surface area (Å²) < 4.78 is 19.0. The first-order valence-corrected chi connectivity index (χ1v) is 15.0. The van der Waals surface area contributed by atoms with E-state index in [0.717, 1.165) is 25.7 Å². The van der Waals surface area contributed by atoms with Gasteiger partial charge in [0.2, 0.25) is 5.91 Å². The molecule has 3 aromatic rings. The van der Waals surface area contributed by atoms with Crippen LogP contribution in [-0.2, 0) is 27.5 Å². The van der Waals surface area contributed by atoms with Crippen LogP contribution in [0.1, 0.15) is 53.9 Å². The Morgan fingerprint density at radius 3 is 2.14 bits per heavy atom. The molecule has 0 spiro atoms. The summed E-state index contributed by atoms with van der Waals surface area (Å²) in [6.07, 6.45) is 0.470. The lowest BCUT2D eigenvalue weighted by Gasteiger charge is -2.16. The molecule has 2 heterocycles. The van der Waals surface area contributed by atoms with E-state index in [1.165, 1.54) is 32.3 Å². The highest BCUT2D eigenvalue weighted by Gasteiger charge is 2.27. The number of carboxylic acid groups (broad SMARTS) is 2. The molecule has 12 heteroatoms. The van der Waals surface area contributed by atoms with Crippen LogP contribution < -0.4 is 14.2 Å². The second kappa shape index (κ2) is 13.6. The van der Waals surface area contributed by atoms with Crippen LogP contribution in [0.25, 0.3) is 10.1 Å². The molecule has 0 saturated heterocycles. The summed E-state index contributed by atoms with van der Waals surface area (Å²) in [5.74, 6) is -2.18. The fraction of sp³-hybridized carbons (Fsp3) is 0.400. The predicted octanol–water partition coefficient (Wildman–Crippen LogP) is 5.77. The number of hydrogen-bond donors (Lipinski definition) is 2. The van der Waals surface area contributed by atoms with Crippen molar-refractivity contribution < 1.29 is 43.6 Å². The van der Waals surface area contributed by atoms with E-state index < -0.39 is 23.8 Å². The molecule has 2 atom stereocenters. The number of carbonyl (C=O) groups is 4. The van der Waals surface area contributed by atoms with Crippen molar-refractivity contribution in [2.24, 2.45) is 11.8 Å². The number of thiophene rings is 1. The standard InChI is InChI=1S/C30H32BrNO9S/c1-16(29(35)36)7-22(33)27-12-18-10-25(24(39-3)13-26(18)42-27)41-6-4-5-40-23-11-20-15-32(14-19(20)9-21(23)31)28(34)8-17(2)30(37)38/h9-13,16-17H,4-8,14-15H2,1-3H3,(H,35,36)(H,37,38)/t16-,17-/m0/s1. The summed E-state index contributed by atoms with van der Waals surface area (Å²) in [5, 5.41) is 19.0. The second-order valence-corrected chi connectivity index (χ2v) is 12.3. The summed E-state index contributed by atoms with van der Waals surface area (Å²) in [7, 11) is 1.54. The molecular weight excluding hydrogens is 630 g/mol. The van der Waals surface area contributed by atoms with Crippen LogP contribution >= 0.6 is 27.3 Å². The maximum Gasteiger partial charge on any atom is 0.306 e. The number of methoxy groups -OCH3 is 1. The van der Waals surface area contributed by atoms with Gasteiger partial charge >= 0.3 is 11.9 Å². The molecule has 1 amide bonds. The molecule has 0 radical (unpaired) electrons. The van der Waals surface area contributed by atoms with Gasteiger partial charge in [-0.1, -0.05) is 13.8 Å². The quantitative estimate of drug-likeness (QED) is 0.163. The number of rotatable bonds is 14. The monoisotopic (exact) mass is 661 g/mol. The molecule has 4 rings (SSSR count). The zero-order valence-electron chi connectivity index (χ0n) is 23.5. The molecule has 0 aliphatic carbocycles. The van der Waals surface area contributed by atoms with Crippen molar-refractivity contribution in [1.82, 2.24) is 4.90 Å². The van der Waals surface area contributed by atoms with Crippen molar-refractivity contribution in [3.05, 3.63) is 50.8 Å². The third-order valence-electron chi connectivity index (χ3n) is 7.03. The van der Waals surface area contributed by atoms with Gasteiger partial charge < -0.3 is 29.3 Å². The molecule has 2 N–H and O–H groups in total. The highest BCUT2D eigenvalue weighted by atomic mass is 79.9. The van der Waals surface area contributed by atoms with Gasteiger partial charge in [0.05, 0.1) is 41.5 Å². The lowest BCUT2D eigenvalue weighted by molar-refractivity contribution is -0.145. The molecular formula is C30H32BrNO9S. The number of carboxylic acids is 2. The largest absolute Gasteiger partial charge is 0.493 e. The molecule has 1 aliphatic heterocycles. The van der Waals surface area contributed by atoms with Crippen molar-refractivity contribution in [3.8, 4) is 17.2 Å². The second-order valence-electron chi connectivity index (χ2n) is 10.3. The molecule has 0 fully saturated rings. The number of ketones is 1. The van der Waals surface area contributed by atoms with Crippen molar-refractivity contribution >= 4 is 61.0 Å². The van der Waals surface area contributed by atoms with E-state index >= 15 is 0 Å². The lowest BCUT2D eigenvalue weighted by atomic mass is 10.0. The highest BCUT2D eigenvalue weighted by Crippen LogP contribution is 2.38.